The molecule has 1 saturated heterocycles. The lowest BCUT2D eigenvalue weighted by atomic mass is 9.87. The molecule has 1 aromatic carbocycles. The first-order chi connectivity index (χ1) is 10.9. The summed E-state index contributed by atoms with van der Waals surface area (Å²) >= 11 is 0. The number of piperidine rings is 1. The highest BCUT2D eigenvalue weighted by atomic mass is 16.6. The molecule has 1 fully saturated rings. The number of carbonyl (C=O) groups is 3. The number of primary amides is 1. The minimum atomic E-state index is -1.23. The standard InChI is InChI=1S/C17H20N2O4/c1-17(9-11-5-2-3-7-13(11)15(21)23-17)16(22)19-8-4-6-12(10-19)14(18)20/h2-3,5,7,12H,4,6,8-10H2,1H3,(H2,18,20). The average Bonchev–Trinajstić information content (AvgIpc) is 2.54. The molecule has 2 aliphatic rings. The SMILES string of the molecule is CC1(C(=O)N2CCCC(C(N)=O)C2)Cc2ccccc2C(=O)O1. The van der Waals surface area contributed by atoms with Crippen molar-refractivity contribution in [1.82, 2.24) is 4.90 Å². The Bertz CT molecular complexity index is 672. The molecule has 2 heterocycles. The summed E-state index contributed by atoms with van der Waals surface area (Å²) in [5, 5.41) is 0. The molecule has 0 aliphatic carbocycles. The van der Waals surface area contributed by atoms with Crippen LogP contribution in [0.3, 0.4) is 0 Å². The second-order valence-corrected chi connectivity index (χ2v) is 6.45. The van der Waals surface area contributed by atoms with Crippen LogP contribution in [0, 0.1) is 5.92 Å². The molecule has 0 spiro atoms. The Morgan fingerprint density at radius 2 is 2.09 bits per heavy atom. The number of fused-ring (bicyclic) bond motifs is 1. The molecule has 0 aromatic heterocycles. The molecule has 0 radical (unpaired) electrons. The van der Waals surface area contributed by atoms with Crippen molar-refractivity contribution in [3.8, 4) is 0 Å². The molecule has 0 bridgehead atoms. The van der Waals surface area contributed by atoms with E-state index < -0.39 is 17.5 Å². The average molecular weight is 316 g/mol. The molecular weight excluding hydrogens is 296 g/mol. The first-order valence-electron chi connectivity index (χ1n) is 7.80. The van der Waals surface area contributed by atoms with Gasteiger partial charge in [0.2, 0.25) is 5.91 Å². The molecule has 2 amide bonds. The number of amides is 2. The number of esters is 1. The van der Waals surface area contributed by atoms with E-state index in [-0.39, 0.29) is 11.8 Å². The van der Waals surface area contributed by atoms with Crippen molar-refractivity contribution in [2.75, 3.05) is 13.1 Å². The van der Waals surface area contributed by atoms with Crippen molar-refractivity contribution in [3.05, 3.63) is 35.4 Å². The Kier molecular flexibility index (Phi) is 3.83. The van der Waals surface area contributed by atoms with Crippen molar-refractivity contribution >= 4 is 17.8 Å². The number of hydrogen-bond acceptors (Lipinski definition) is 4. The maximum Gasteiger partial charge on any atom is 0.339 e. The highest BCUT2D eigenvalue weighted by Gasteiger charge is 2.45. The van der Waals surface area contributed by atoms with E-state index in [0.717, 1.165) is 12.0 Å². The van der Waals surface area contributed by atoms with Crippen molar-refractivity contribution in [2.24, 2.45) is 11.7 Å². The van der Waals surface area contributed by atoms with Crippen LogP contribution in [0.25, 0.3) is 0 Å². The Labute approximate surface area is 134 Å². The van der Waals surface area contributed by atoms with E-state index in [1.165, 1.54) is 0 Å². The second kappa shape index (κ2) is 5.68. The van der Waals surface area contributed by atoms with E-state index >= 15 is 0 Å². The lowest BCUT2D eigenvalue weighted by Gasteiger charge is -2.39. The molecule has 6 heteroatoms. The van der Waals surface area contributed by atoms with Gasteiger partial charge in [-0.1, -0.05) is 18.2 Å². The van der Waals surface area contributed by atoms with E-state index in [1.54, 1.807) is 24.0 Å². The first-order valence-corrected chi connectivity index (χ1v) is 7.80. The maximum absolute atomic E-state index is 12.9. The van der Waals surface area contributed by atoms with Gasteiger partial charge in [-0.15, -0.1) is 0 Å². The fourth-order valence-corrected chi connectivity index (χ4v) is 3.38. The highest BCUT2D eigenvalue weighted by Crippen LogP contribution is 2.31. The molecule has 2 unspecified atom stereocenters. The van der Waals surface area contributed by atoms with Crippen molar-refractivity contribution in [3.63, 3.8) is 0 Å². The Hall–Kier alpha value is -2.37. The van der Waals surface area contributed by atoms with Gasteiger partial charge in [-0.2, -0.15) is 0 Å². The summed E-state index contributed by atoms with van der Waals surface area (Å²) in [7, 11) is 0. The lowest BCUT2D eigenvalue weighted by Crippen LogP contribution is -2.56. The smallest absolute Gasteiger partial charge is 0.339 e. The first kappa shape index (κ1) is 15.5. The number of nitrogens with zero attached hydrogens (tertiary/aromatic N) is 1. The van der Waals surface area contributed by atoms with Crippen LogP contribution in [0.15, 0.2) is 24.3 Å². The predicted molar refractivity (Wildman–Crippen MR) is 82.5 cm³/mol. The Morgan fingerprint density at radius 1 is 1.35 bits per heavy atom. The molecule has 23 heavy (non-hydrogen) atoms. The summed E-state index contributed by atoms with van der Waals surface area (Å²) in [4.78, 5) is 38.1. The monoisotopic (exact) mass is 316 g/mol. The van der Waals surface area contributed by atoms with Gasteiger partial charge < -0.3 is 15.4 Å². The molecule has 2 atom stereocenters. The lowest BCUT2D eigenvalue weighted by molar-refractivity contribution is -0.153. The summed E-state index contributed by atoms with van der Waals surface area (Å²) in [5.41, 5.74) is 5.45. The third kappa shape index (κ3) is 2.81. The van der Waals surface area contributed by atoms with Crippen molar-refractivity contribution in [1.29, 1.82) is 0 Å². The van der Waals surface area contributed by atoms with Gasteiger partial charge in [-0.25, -0.2) is 4.79 Å². The quantitative estimate of drug-likeness (QED) is 0.820. The molecule has 2 aliphatic heterocycles. The third-order valence-corrected chi connectivity index (χ3v) is 4.65. The van der Waals surface area contributed by atoms with Crippen molar-refractivity contribution in [2.45, 2.75) is 31.8 Å². The summed E-state index contributed by atoms with van der Waals surface area (Å²) in [6, 6.07) is 7.15. The number of likely N-dealkylation sites (tertiary alicyclic amines) is 1. The van der Waals surface area contributed by atoms with Crippen molar-refractivity contribution < 1.29 is 19.1 Å². The van der Waals surface area contributed by atoms with Gasteiger partial charge in [0.15, 0.2) is 5.60 Å². The molecule has 2 N–H and O–H groups in total. The second-order valence-electron chi connectivity index (χ2n) is 6.45. The van der Waals surface area contributed by atoms with E-state index in [2.05, 4.69) is 0 Å². The fourth-order valence-electron chi connectivity index (χ4n) is 3.38. The van der Waals surface area contributed by atoms with Gasteiger partial charge in [0, 0.05) is 19.5 Å². The summed E-state index contributed by atoms with van der Waals surface area (Å²) in [6.45, 7) is 2.48. The van der Waals surface area contributed by atoms with Crippen LogP contribution in [-0.2, 0) is 20.7 Å². The van der Waals surface area contributed by atoms with Gasteiger partial charge in [-0.3, -0.25) is 9.59 Å². The number of hydrogen-bond donors (Lipinski definition) is 1. The number of rotatable bonds is 2. The zero-order chi connectivity index (χ0) is 16.6. The van der Waals surface area contributed by atoms with E-state index in [0.29, 0.717) is 31.5 Å². The summed E-state index contributed by atoms with van der Waals surface area (Å²) < 4.78 is 5.46. The highest BCUT2D eigenvalue weighted by molar-refractivity contribution is 5.97. The topological polar surface area (TPSA) is 89.7 Å². The van der Waals surface area contributed by atoms with E-state index in [4.69, 9.17) is 10.5 Å². The molecule has 1 aromatic rings. The molecule has 3 rings (SSSR count). The number of nitrogens with two attached hydrogens (primary N) is 1. The van der Waals surface area contributed by atoms with Crippen LogP contribution in [0.4, 0.5) is 0 Å². The van der Waals surface area contributed by atoms with E-state index in [1.807, 2.05) is 12.1 Å². The maximum atomic E-state index is 12.9. The zero-order valence-electron chi connectivity index (χ0n) is 13.1. The van der Waals surface area contributed by atoms with Gasteiger partial charge in [-0.05, 0) is 31.4 Å². The normalized spacial score (nSPS) is 27.1. The number of carbonyl (C=O) groups excluding carboxylic acids is 3. The summed E-state index contributed by atoms with van der Waals surface area (Å²) in [6.07, 6.45) is 1.75. The van der Waals surface area contributed by atoms with Gasteiger partial charge in [0.25, 0.3) is 5.91 Å². The van der Waals surface area contributed by atoms with Gasteiger partial charge in [0.1, 0.15) is 0 Å². The predicted octanol–water partition coefficient (Wildman–Crippen LogP) is 0.882. The third-order valence-electron chi connectivity index (χ3n) is 4.65. The van der Waals surface area contributed by atoms with Crippen LogP contribution < -0.4 is 5.73 Å². The summed E-state index contributed by atoms with van der Waals surface area (Å²) in [5.74, 6) is -1.46. The number of cyclic esters (lactones) is 1. The fraction of sp³-hybridized carbons (Fsp3) is 0.471. The molecular formula is C17H20N2O4. The van der Waals surface area contributed by atoms with Gasteiger partial charge in [0.05, 0.1) is 11.5 Å². The molecule has 6 nitrogen and oxygen atoms in total. The number of benzene rings is 1. The largest absolute Gasteiger partial charge is 0.445 e. The number of ether oxygens (including phenoxy) is 1. The van der Waals surface area contributed by atoms with Crippen LogP contribution in [0.1, 0.15) is 35.7 Å². The Balaban J connectivity index is 1.82. The molecule has 122 valence electrons. The minimum absolute atomic E-state index is 0.258. The van der Waals surface area contributed by atoms with Crippen LogP contribution in [0.2, 0.25) is 0 Å². The minimum Gasteiger partial charge on any atom is -0.445 e. The van der Waals surface area contributed by atoms with Crippen LogP contribution in [-0.4, -0.2) is 41.4 Å². The van der Waals surface area contributed by atoms with Crippen LogP contribution >= 0.6 is 0 Å². The Morgan fingerprint density at radius 3 is 2.83 bits per heavy atom. The van der Waals surface area contributed by atoms with Gasteiger partial charge >= 0.3 is 5.97 Å². The zero-order valence-corrected chi connectivity index (χ0v) is 13.1. The van der Waals surface area contributed by atoms with E-state index in [9.17, 15) is 14.4 Å². The van der Waals surface area contributed by atoms with Crippen LogP contribution in [0.5, 0.6) is 0 Å². The molecule has 0 saturated carbocycles.